The van der Waals surface area contributed by atoms with Crippen molar-refractivity contribution in [1.82, 2.24) is 15.5 Å². The third-order valence-corrected chi connectivity index (χ3v) is 4.20. The van der Waals surface area contributed by atoms with E-state index in [-0.39, 0.29) is 36.3 Å². The SMILES string of the molecule is CC(=O)NC[C@H]1O[C@@H](Cc2nc(-c3ccc(OC(F)(F)F)cc3)no2)[C@H](O)[C@@H]1O. The number of aliphatic hydroxyl groups is 2. The Balaban J connectivity index is 1.62. The summed E-state index contributed by atoms with van der Waals surface area (Å²) in [5.74, 6) is -0.452. The lowest BCUT2D eigenvalue weighted by Gasteiger charge is -2.14. The molecule has 1 amide bonds. The third-order valence-electron chi connectivity index (χ3n) is 4.20. The van der Waals surface area contributed by atoms with Crippen molar-refractivity contribution in [3.05, 3.63) is 30.2 Å². The molecule has 0 radical (unpaired) electrons. The zero-order valence-corrected chi connectivity index (χ0v) is 15.1. The number of hydrogen-bond acceptors (Lipinski definition) is 8. The van der Waals surface area contributed by atoms with E-state index >= 15 is 0 Å². The molecule has 3 rings (SSSR count). The lowest BCUT2D eigenvalue weighted by atomic mass is 10.1. The molecule has 1 aliphatic rings. The van der Waals surface area contributed by atoms with E-state index in [1.807, 2.05) is 0 Å². The first kappa shape index (κ1) is 21.0. The lowest BCUT2D eigenvalue weighted by molar-refractivity contribution is -0.274. The zero-order chi connectivity index (χ0) is 21.2. The Labute approximate surface area is 162 Å². The van der Waals surface area contributed by atoms with Gasteiger partial charge in [-0.15, -0.1) is 13.2 Å². The van der Waals surface area contributed by atoms with E-state index in [1.54, 1.807) is 0 Å². The monoisotopic (exact) mass is 417 g/mol. The largest absolute Gasteiger partial charge is 0.573 e. The van der Waals surface area contributed by atoms with E-state index in [9.17, 15) is 28.2 Å². The molecule has 29 heavy (non-hydrogen) atoms. The molecule has 0 bridgehead atoms. The maximum atomic E-state index is 12.2. The number of ether oxygens (including phenoxy) is 2. The minimum Gasteiger partial charge on any atom is -0.406 e. The summed E-state index contributed by atoms with van der Waals surface area (Å²) in [5, 5.41) is 26.4. The number of rotatable bonds is 6. The fourth-order valence-electron chi connectivity index (χ4n) is 2.84. The molecule has 1 aromatic carbocycles. The summed E-state index contributed by atoms with van der Waals surface area (Å²) in [6.07, 6.45) is -8.83. The summed E-state index contributed by atoms with van der Waals surface area (Å²) in [6.45, 7) is 1.35. The Morgan fingerprint density at radius 2 is 1.86 bits per heavy atom. The summed E-state index contributed by atoms with van der Waals surface area (Å²) >= 11 is 0. The number of nitrogens with one attached hydrogen (secondary N) is 1. The highest BCUT2D eigenvalue weighted by atomic mass is 19.4. The fraction of sp³-hybridized carbons (Fsp3) is 0.471. The average Bonchev–Trinajstić information content (AvgIpc) is 3.20. The van der Waals surface area contributed by atoms with Crippen molar-refractivity contribution in [2.75, 3.05) is 6.54 Å². The normalized spacial score (nSPS) is 24.5. The Morgan fingerprint density at radius 3 is 2.48 bits per heavy atom. The predicted octanol–water partition coefficient (Wildman–Crippen LogP) is 0.803. The van der Waals surface area contributed by atoms with Crippen LogP contribution in [0, 0.1) is 0 Å². The lowest BCUT2D eigenvalue weighted by Crippen LogP contribution is -2.39. The van der Waals surface area contributed by atoms with Crippen molar-refractivity contribution in [3.8, 4) is 17.1 Å². The first-order valence-corrected chi connectivity index (χ1v) is 8.57. The van der Waals surface area contributed by atoms with Crippen molar-refractivity contribution in [2.24, 2.45) is 0 Å². The van der Waals surface area contributed by atoms with Crippen LogP contribution in [0.5, 0.6) is 5.75 Å². The number of aromatic nitrogens is 2. The van der Waals surface area contributed by atoms with Gasteiger partial charge in [0.1, 0.15) is 24.1 Å². The van der Waals surface area contributed by atoms with Crippen molar-refractivity contribution < 1.29 is 42.2 Å². The number of carbonyl (C=O) groups is 1. The van der Waals surface area contributed by atoms with Crippen LogP contribution in [0.3, 0.4) is 0 Å². The van der Waals surface area contributed by atoms with Gasteiger partial charge in [-0.05, 0) is 24.3 Å². The third kappa shape index (κ3) is 5.43. The van der Waals surface area contributed by atoms with Gasteiger partial charge in [-0.2, -0.15) is 4.98 Å². The van der Waals surface area contributed by atoms with Gasteiger partial charge in [-0.25, -0.2) is 0 Å². The molecule has 12 heteroatoms. The van der Waals surface area contributed by atoms with Crippen molar-refractivity contribution in [1.29, 1.82) is 0 Å². The van der Waals surface area contributed by atoms with Crippen LogP contribution in [0.2, 0.25) is 0 Å². The maximum absolute atomic E-state index is 12.2. The van der Waals surface area contributed by atoms with Crippen LogP contribution in [0.4, 0.5) is 13.2 Å². The highest BCUT2D eigenvalue weighted by molar-refractivity contribution is 5.72. The van der Waals surface area contributed by atoms with Crippen molar-refractivity contribution in [3.63, 3.8) is 0 Å². The molecular weight excluding hydrogens is 399 g/mol. The van der Waals surface area contributed by atoms with Gasteiger partial charge < -0.3 is 29.5 Å². The molecule has 0 saturated carbocycles. The number of halogens is 3. The van der Waals surface area contributed by atoms with Crippen LogP contribution < -0.4 is 10.1 Å². The molecule has 158 valence electrons. The Morgan fingerprint density at radius 1 is 1.21 bits per heavy atom. The fourth-order valence-corrected chi connectivity index (χ4v) is 2.84. The van der Waals surface area contributed by atoms with Gasteiger partial charge in [0.05, 0.1) is 12.5 Å². The predicted molar refractivity (Wildman–Crippen MR) is 89.5 cm³/mol. The van der Waals surface area contributed by atoms with E-state index in [1.165, 1.54) is 19.1 Å². The second-order valence-corrected chi connectivity index (χ2v) is 6.42. The molecule has 1 fully saturated rings. The Hall–Kier alpha value is -2.70. The molecule has 0 spiro atoms. The average molecular weight is 417 g/mol. The summed E-state index contributed by atoms with van der Waals surface area (Å²) < 4.78 is 51.1. The smallest absolute Gasteiger partial charge is 0.406 e. The molecule has 2 heterocycles. The topological polar surface area (TPSA) is 127 Å². The van der Waals surface area contributed by atoms with Gasteiger partial charge in [0.25, 0.3) is 0 Å². The molecule has 3 N–H and O–H groups in total. The van der Waals surface area contributed by atoms with Crippen LogP contribution in [0.15, 0.2) is 28.8 Å². The second-order valence-electron chi connectivity index (χ2n) is 6.42. The zero-order valence-electron chi connectivity index (χ0n) is 15.1. The Bertz CT molecular complexity index is 842. The van der Waals surface area contributed by atoms with Gasteiger partial charge in [-0.1, -0.05) is 5.16 Å². The molecule has 9 nitrogen and oxygen atoms in total. The van der Waals surface area contributed by atoms with Gasteiger partial charge in [0.15, 0.2) is 0 Å². The molecular formula is C17H18F3N3O6. The standard InChI is InChI=1S/C17H18F3N3O6/c1-8(24)21-7-12-15(26)14(25)11(27-12)6-13-22-16(23-29-13)9-2-4-10(5-3-9)28-17(18,19)20/h2-5,11-12,14-15,25-26H,6-7H2,1H3,(H,21,24)/t11-,12+,14-,15+/m0/s1. The van der Waals surface area contributed by atoms with Crippen LogP contribution in [0.25, 0.3) is 11.4 Å². The van der Waals surface area contributed by atoms with Crippen LogP contribution in [0.1, 0.15) is 12.8 Å². The van der Waals surface area contributed by atoms with Crippen LogP contribution >= 0.6 is 0 Å². The van der Waals surface area contributed by atoms with E-state index in [0.717, 1.165) is 12.1 Å². The maximum Gasteiger partial charge on any atom is 0.573 e. The quantitative estimate of drug-likeness (QED) is 0.630. The minimum atomic E-state index is -4.79. The van der Waals surface area contributed by atoms with E-state index in [4.69, 9.17) is 9.26 Å². The van der Waals surface area contributed by atoms with Crippen LogP contribution in [-0.4, -0.2) is 63.6 Å². The molecule has 2 aromatic rings. The van der Waals surface area contributed by atoms with Gasteiger partial charge >= 0.3 is 6.36 Å². The van der Waals surface area contributed by atoms with Crippen molar-refractivity contribution >= 4 is 5.91 Å². The Kier molecular flexibility index (Phi) is 6.05. The number of hydrogen-bond donors (Lipinski definition) is 3. The van der Waals surface area contributed by atoms with E-state index in [2.05, 4.69) is 20.2 Å². The number of carbonyl (C=O) groups excluding carboxylic acids is 1. The number of benzene rings is 1. The minimum absolute atomic E-state index is 0.00291. The van der Waals surface area contributed by atoms with Gasteiger partial charge in [0, 0.05) is 19.0 Å². The summed E-state index contributed by atoms with van der Waals surface area (Å²) in [5.41, 5.74) is 0.394. The molecule has 0 aliphatic carbocycles. The highest BCUT2D eigenvalue weighted by Crippen LogP contribution is 2.27. The number of alkyl halides is 3. The van der Waals surface area contributed by atoms with Crippen LogP contribution in [-0.2, 0) is 16.0 Å². The van der Waals surface area contributed by atoms with Gasteiger partial charge in [-0.3, -0.25) is 4.79 Å². The highest BCUT2D eigenvalue weighted by Gasteiger charge is 2.43. The summed E-state index contributed by atoms with van der Waals surface area (Å²) in [6, 6.07) is 4.91. The first-order valence-electron chi connectivity index (χ1n) is 8.57. The molecule has 1 saturated heterocycles. The molecule has 0 unspecified atom stereocenters. The molecule has 1 aliphatic heterocycles. The van der Waals surface area contributed by atoms with E-state index in [0.29, 0.717) is 5.56 Å². The number of nitrogens with zero attached hydrogens (tertiary/aromatic N) is 2. The molecule has 1 aromatic heterocycles. The molecule has 4 atom stereocenters. The summed E-state index contributed by atoms with van der Waals surface area (Å²) in [4.78, 5) is 15.1. The first-order chi connectivity index (χ1) is 13.6. The number of aliphatic hydroxyl groups excluding tert-OH is 2. The summed E-state index contributed by atoms with van der Waals surface area (Å²) in [7, 11) is 0. The van der Waals surface area contributed by atoms with Crippen molar-refractivity contribution in [2.45, 2.75) is 44.1 Å². The number of amides is 1. The van der Waals surface area contributed by atoms with E-state index < -0.39 is 30.8 Å². The second kappa shape index (κ2) is 8.35. The van der Waals surface area contributed by atoms with Gasteiger partial charge in [0.2, 0.25) is 17.6 Å².